The summed E-state index contributed by atoms with van der Waals surface area (Å²) >= 11 is 3.38. The zero-order valence-corrected chi connectivity index (χ0v) is 13.2. The first-order valence-electron chi connectivity index (χ1n) is 7.25. The predicted octanol–water partition coefficient (Wildman–Crippen LogP) is 4.84. The van der Waals surface area contributed by atoms with E-state index in [2.05, 4.69) is 33.2 Å². The van der Waals surface area contributed by atoms with E-state index < -0.39 is 0 Å². The van der Waals surface area contributed by atoms with Crippen LogP contribution in [0.4, 0.5) is 10.1 Å². The fourth-order valence-electron chi connectivity index (χ4n) is 3.01. The highest BCUT2D eigenvalue weighted by atomic mass is 79.9. The molecule has 0 aliphatic heterocycles. The molecule has 0 bridgehead atoms. The number of nitrogens with one attached hydrogen (secondary N) is 1. The normalized spacial score (nSPS) is 14.9. The molecule has 2 nitrogen and oxygen atoms in total. The number of benzene rings is 1. The summed E-state index contributed by atoms with van der Waals surface area (Å²) in [6.07, 6.45) is 5.56. The zero-order valence-electron chi connectivity index (χ0n) is 11.6. The van der Waals surface area contributed by atoms with Crippen molar-refractivity contribution in [3.8, 4) is 0 Å². The SMILES string of the molecule is CCNc1c2c(nc3c(F)cc(Br)cc13)CCCCC2. The maximum Gasteiger partial charge on any atom is 0.150 e. The summed E-state index contributed by atoms with van der Waals surface area (Å²) in [6.45, 7) is 2.91. The molecule has 0 fully saturated rings. The molecule has 0 saturated carbocycles. The lowest BCUT2D eigenvalue weighted by atomic mass is 10.0. The van der Waals surface area contributed by atoms with E-state index in [0.29, 0.717) is 5.52 Å². The summed E-state index contributed by atoms with van der Waals surface area (Å²) in [5, 5.41) is 4.32. The van der Waals surface area contributed by atoms with Crippen molar-refractivity contribution in [1.82, 2.24) is 4.98 Å². The van der Waals surface area contributed by atoms with E-state index in [0.717, 1.165) is 47.0 Å². The number of halogens is 2. The highest BCUT2D eigenvalue weighted by molar-refractivity contribution is 9.10. The van der Waals surface area contributed by atoms with Gasteiger partial charge in [0.05, 0.1) is 0 Å². The maximum atomic E-state index is 14.2. The molecule has 0 amide bonds. The van der Waals surface area contributed by atoms with Crippen LogP contribution in [0.15, 0.2) is 16.6 Å². The van der Waals surface area contributed by atoms with Crippen LogP contribution in [-0.4, -0.2) is 11.5 Å². The van der Waals surface area contributed by atoms with Crippen LogP contribution in [0.25, 0.3) is 10.9 Å². The Hall–Kier alpha value is -1.16. The molecular weight excluding hydrogens is 319 g/mol. The van der Waals surface area contributed by atoms with Gasteiger partial charge in [0.15, 0.2) is 5.82 Å². The van der Waals surface area contributed by atoms with Gasteiger partial charge in [0.25, 0.3) is 0 Å². The van der Waals surface area contributed by atoms with Gasteiger partial charge in [0, 0.05) is 27.8 Å². The molecule has 0 spiro atoms. The molecule has 20 heavy (non-hydrogen) atoms. The number of hydrogen-bond acceptors (Lipinski definition) is 2. The number of hydrogen-bond donors (Lipinski definition) is 1. The minimum absolute atomic E-state index is 0.249. The number of pyridine rings is 1. The summed E-state index contributed by atoms with van der Waals surface area (Å²) in [6, 6.07) is 3.46. The average molecular weight is 337 g/mol. The van der Waals surface area contributed by atoms with Crippen LogP contribution in [0.2, 0.25) is 0 Å². The van der Waals surface area contributed by atoms with Gasteiger partial charge in [-0.05, 0) is 50.3 Å². The number of rotatable bonds is 2. The fourth-order valence-corrected chi connectivity index (χ4v) is 3.44. The summed E-state index contributed by atoms with van der Waals surface area (Å²) in [7, 11) is 0. The molecule has 4 heteroatoms. The van der Waals surface area contributed by atoms with Gasteiger partial charge in [-0.1, -0.05) is 22.4 Å². The average Bonchev–Trinajstić information content (AvgIpc) is 2.65. The third kappa shape index (κ3) is 2.41. The van der Waals surface area contributed by atoms with Crippen LogP contribution in [0.5, 0.6) is 0 Å². The Kier molecular flexibility index (Phi) is 3.92. The molecule has 0 atom stereocenters. The number of aryl methyl sites for hydroxylation is 1. The van der Waals surface area contributed by atoms with E-state index in [1.165, 1.54) is 24.5 Å². The first kappa shape index (κ1) is 13.8. The van der Waals surface area contributed by atoms with Gasteiger partial charge in [-0.2, -0.15) is 0 Å². The monoisotopic (exact) mass is 336 g/mol. The minimum atomic E-state index is -0.249. The highest BCUT2D eigenvalue weighted by Crippen LogP contribution is 2.35. The third-order valence-electron chi connectivity index (χ3n) is 3.89. The van der Waals surface area contributed by atoms with Crippen LogP contribution in [0, 0.1) is 5.82 Å². The van der Waals surface area contributed by atoms with Gasteiger partial charge >= 0.3 is 0 Å². The third-order valence-corrected chi connectivity index (χ3v) is 4.35. The van der Waals surface area contributed by atoms with E-state index >= 15 is 0 Å². The van der Waals surface area contributed by atoms with Crippen LogP contribution in [0.3, 0.4) is 0 Å². The first-order valence-corrected chi connectivity index (χ1v) is 8.04. The topological polar surface area (TPSA) is 24.9 Å². The molecule has 0 radical (unpaired) electrons. The molecule has 0 saturated heterocycles. The lowest BCUT2D eigenvalue weighted by Crippen LogP contribution is -2.07. The second-order valence-corrected chi connectivity index (χ2v) is 6.20. The number of fused-ring (bicyclic) bond motifs is 2. The Balaban J connectivity index is 2.33. The molecular formula is C16H18BrFN2. The summed E-state index contributed by atoms with van der Waals surface area (Å²) in [5.41, 5.74) is 3.93. The van der Waals surface area contributed by atoms with Gasteiger partial charge in [0.1, 0.15) is 5.52 Å². The van der Waals surface area contributed by atoms with Gasteiger partial charge in [-0.15, -0.1) is 0 Å². The summed E-state index contributed by atoms with van der Waals surface area (Å²) < 4.78 is 15.0. The van der Waals surface area contributed by atoms with E-state index in [9.17, 15) is 4.39 Å². The van der Waals surface area contributed by atoms with Crippen molar-refractivity contribution >= 4 is 32.5 Å². The molecule has 1 aromatic heterocycles. The molecule has 1 aliphatic carbocycles. The van der Waals surface area contributed by atoms with Crippen molar-refractivity contribution in [2.45, 2.75) is 39.0 Å². The second kappa shape index (κ2) is 5.68. The molecule has 1 heterocycles. The Morgan fingerprint density at radius 2 is 2.05 bits per heavy atom. The predicted molar refractivity (Wildman–Crippen MR) is 84.8 cm³/mol. The van der Waals surface area contributed by atoms with Crippen LogP contribution in [-0.2, 0) is 12.8 Å². The maximum absolute atomic E-state index is 14.2. The van der Waals surface area contributed by atoms with Gasteiger partial charge in [-0.3, -0.25) is 0 Å². The molecule has 2 aromatic rings. The van der Waals surface area contributed by atoms with E-state index in [1.807, 2.05) is 6.07 Å². The molecule has 3 rings (SSSR count). The number of aromatic nitrogens is 1. The lowest BCUT2D eigenvalue weighted by molar-refractivity contribution is 0.635. The summed E-state index contributed by atoms with van der Waals surface area (Å²) in [5.74, 6) is -0.249. The van der Waals surface area contributed by atoms with Crippen LogP contribution in [0.1, 0.15) is 37.4 Å². The Labute approximate surface area is 126 Å². The molecule has 0 unspecified atom stereocenters. The standard InChI is InChI=1S/C16H18BrFN2/c1-2-19-15-11-6-4-3-5-7-14(11)20-16-12(15)8-10(17)9-13(16)18/h8-9H,2-7H2,1H3,(H,19,20). The zero-order chi connectivity index (χ0) is 14.1. The van der Waals surface area contributed by atoms with Gasteiger partial charge < -0.3 is 5.32 Å². The van der Waals surface area contributed by atoms with Crippen molar-refractivity contribution in [1.29, 1.82) is 0 Å². The minimum Gasteiger partial charge on any atom is -0.384 e. The van der Waals surface area contributed by atoms with E-state index in [4.69, 9.17) is 0 Å². The van der Waals surface area contributed by atoms with Gasteiger partial charge in [-0.25, -0.2) is 9.37 Å². The molecule has 106 valence electrons. The number of anilines is 1. The van der Waals surface area contributed by atoms with Crippen molar-refractivity contribution in [2.24, 2.45) is 0 Å². The Morgan fingerprint density at radius 3 is 2.85 bits per heavy atom. The lowest BCUT2D eigenvalue weighted by Gasteiger charge is -2.17. The molecule has 1 N–H and O–H groups in total. The van der Waals surface area contributed by atoms with Crippen molar-refractivity contribution < 1.29 is 4.39 Å². The first-order chi connectivity index (χ1) is 9.70. The van der Waals surface area contributed by atoms with Crippen LogP contribution < -0.4 is 5.32 Å². The van der Waals surface area contributed by atoms with Crippen molar-refractivity contribution in [2.75, 3.05) is 11.9 Å². The molecule has 1 aliphatic rings. The van der Waals surface area contributed by atoms with Crippen molar-refractivity contribution in [3.63, 3.8) is 0 Å². The van der Waals surface area contributed by atoms with E-state index in [-0.39, 0.29) is 5.82 Å². The second-order valence-electron chi connectivity index (χ2n) is 5.29. The summed E-state index contributed by atoms with van der Waals surface area (Å²) in [4.78, 5) is 4.62. The Morgan fingerprint density at radius 1 is 1.25 bits per heavy atom. The quantitative estimate of drug-likeness (QED) is 0.794. The largest absolute Gasteiger partial charge is 0.384 e. The van der Waals surface area contributed by atoms with Crippen LogP contribution >= 0.6 is 15.9 Å². The molecule has 1 aromatic carbocycles. The smallest absolute Gasteiger partial charge is 0.150 e. The van der Waals surface area contributed by atoms with Crippen molar-refractivity contribution in [3.05, 3.63) is 33.7 Å². The van der Waals surface area contributed by atoms with Gasteiger partial charge in [0.2, 0.25) is 0 Å². The highest BCUT2D eigenvalue weighted by Gasteiger charge is 2.18. The fraction of sp³-hybridized carbons (Fsp3) is 0.438. The number of nitrogens with zero attached hydrogens (tertiary/aromatic N) is 1. The Bertz CT molecular complexity index is 655. The van der Waals surface area contributed by atoms with E-state index in [1.54, 1.807) is 0 Å².